The van der Waals surface area contributed by atoms with Crippen LogP contribution in [0.2, 0.25) is 0 Å². The lowest BCUT2D eigenvalue weighted by Gasteiger charge is -2.30. The van der Waals surface area contributed by atoms with Crippen LogP contribution in [0.4, 0.5) is 0 Å². The van der Waals surface area contributed by atoms with Crippen LogP contribution in [0.15, 0.2) is 23.1 Å². The highest BCUT2D eigenvalue weighted by Crippen LogP contribution is 2.24. The zero-order valence-electron chi connectivity index (χ0n) is 14.0. The van der Waals surface area contributed by atoms with Crippen LogP contribution in [-0.4, -0.2) is 47.1 Å². The molecule has 1 saturated heterocycles. The standard InChI is InChI=1S/C15H23N3O4S.ClH/c1-10-12(5-4-8-17-10)18-15(19)11-6-7-13(22-3)14(9-11)23(20,21)16-2;/h6-7,9-10,12,16-17H,4-5,8H2,1-3H3,(H,18,19);1H. The molecule has 2 rings (SSSR count). The molecule has 0 bridgehead atoms. The summed E-state index contributed by atoms with van der Waals surface area (Å²) in [5, 5.41) is 6.27. The molecule has 24 heavy (non-hydrogen) atoms. The third-order valence-corrected chi connectivity index (χ3v) is 5.50. The number of carbonyl (C=O) groups is 1. The van der Waals surface area contributed by atoms with Crippen molar-refractivity contribution in [3.8, 4) is 5.75 Å². The number of piperidine rings is 1. The van der Waals surface area contributed by atoms with Crippen molar-refractivity contribution in [3.63, 3.8) is 0 Å². The molecule has 7 nitrogen and oxygen atoms in total. The topological polar surface area (TPSA) is 96.5 Å². The zero-order chi connectivity index (χ0) is 17.0. The van der Waals surface area contributed by atoms with Crippen molar-refractivity contribution < 1.29 is 17.9 Å². The van der Waals surface area contributed by atoms with E-state index in [1.807, 2.05) is 6.92 Å². The zero-order valence-corrected chi connectivity index (χ0v) is 15.6. The smallest absolute Gasteiger partial charge is 0.251 e. The maximum Gasteiger partial charge on any atom is 0.251 e. The van der Waals surface area contributed by atoms with Gasteiger partial charge < -0.3 is 15.4 Å². The van der Waals surface area contributed by atoms with E-state index in [0.29, 0.717) is 0 Å². The van der Waals surface area contributed by atoms with Crippen LogP contribution in [0, 0.1) is 0 Å². The molecule has 0 aliphatic carbocycles. The van der Waals surface area contributed by atoms with Crippen molar-refractivity contribution in [1.82, 2.24) is 15.4 Å². The molecule has 1 fully saturated rings. The van der Waals surface area contributed by atoms with Gasteiger partial charge in [-0.3, -0.25) is 4.79 Å². The minimum atomic E-state index is -3.71. The molecule has 0 radical (unpaired) electrons. The maximum atomic E-state index is 12.4. The number of ether oxygens (including phenoxy) is 1. The van der Waals surface area contributed by atoms with Gasteiger partial charge in [-0.2, -0.15) is 0 Å². The molecular weight excluding hydrogens is 354 g/mol. The number of carbonyl (C=O) groups excluding carboxylic acids is 1. The van der Waals surface area contributed by atoms with Crippen LogP contribution < -0.4 is 20.1 Å². The number of hydrogen-bond acceptors (Lipinski definition) is 5. The summed E-state index contributed by atoms with van der Waals surface area (Å²) < 4.78 is 31.4. The third-order valence-electron chi connectivity index (χ3n) is 4.06. The summed E-state index contributed by atoms with van der Waals surface area (Å²) in [6, 6.07) is 4.60. The van der Waals surface area contributed by atoms with E-state index in [4.69, 9.17) is 4.74 Å². The van der Waals surface area contributed by atoms with Gasteiger partial charge in [0.25, 0.3) is 5.91 Å². The number of sulfonamides is 1. The van der Waals surface area contributed by atoms with Crippen LogP contribution in [0.25, 0.3) is 0 Å². The SMILES string of the molecule is CNS(=O)(=O)c1cc(C(=O)NC2CCCNC2C)ccc1OC.Cl. The van der Waals surface area contributed by atoms with E-state index in [9.17, 15) is 13.2 Å². The van der Waals surface area contributed by atoms with Gasteiger partial charge >= 0.3 is 0 Å². The number of nitrogens with one attached hydrogen (secondary N) is 3. The van der Waals surface area contributed by atoms with Gasteiger partial charge in [-0.25, -0.2) is 13.1 Å². The Bertz CT molecular complexity index is 681. The highest BCUT2D eigenvalue weighted by atomic mass is 35.5. The minimum Gasteiger partial charge on any atom is -0.495 e. The fraction of sp³-hybridized carbons (Fsp3) is 0.533. The Morgan fingerprint density at radius 1 is 1.38 bits per heavy atom. The molecule has 0 spiro atoms. The quantitative estimate of drug-likeness (QED) is 0.708. The second-order valence-electron chi connectivity index (χ2n) is 5.54. The molecule has 2 unspecified atom stereocenters. The van der Waals surface area contributed by atoms with E-state index >= 15 is 0 Å². The Labute approximate surface area is 149 Å². The van der Waals surface area contributed by atoms with Gasteiger partial charge in [-0.05, 0) is 51.6 Å². The fourth-order valence-corrected chi connectivity index (χ4v) is 3.55. The molecule has 9 heteroatoms. The lowest BCUT2D eigenvalue weighted by Crippen LogP contribution is -2.51. The number of methoxy groups -OCH3 is 1. The molecule has 1 aliphatic rings. The van der Waals surface area contributed by atoms with Crippen LogP contribution in [0.5, 0.6) is 5.75 Å². The molecule has 0 aromatic heterocycles. The van der Waals surface area contributed by atoms with Gasteiger partial charge in [0.05, 0.1) is 7.11 Å². The molecule has 3 N–H and O–H groups in total. The van der Waals surface area contributed by atoms with Crippen molar-refractivity contribution in [2.75, 3.05) is 20.7 Å². The van der Waals surface area contributed by atoms with Gasteiger partial charge in [0.15, 0.2) is 0 Å². The van der Waals surface area contributed by atoms with Crippen molar-refractivity contribution in [2.24, 2.45) is 0 Å². The lowest BCUT2D eigenvalue weighted by atomic mass is 9.99. The highest BCUT2D eigenvalue weighted by molar-refractivity contribution is 7.89. The Balaban J connectivity index is 0.00000288. The van der Waals surface area contributed by atoms with E-state index in [2.05, 4.69) is 15.4 Å². The van der Waals surface area contributed by atoms with Crippen LogP contribution in [0.3, 0.4) is 0 Å². The summed E-state index contributed by atoms with van der Waals surface area (Å²) >= 11 is 0. The van der Waals surface area contributed by atoms with Crippen molar-refractivity contribution >= 4 is 28.3 Å². The second kappa shape index (κ2) is 8.66. The number of benzene rings is 1. The first kappa shape index (κ1) is 20.7. The van der Waals surface area contributed by atoms with Crippen molar-refractivity contribution in [2.45, 2.75) is 36.7 Å². The lowest BCUT2D eigenvalue weighted by molar-refractivity contribution is 0.0919. The molecule has 1 amide bonds. The minimum absolute atomic E-state index is 0. The Morgan fingerprint density at radius 2 is 2.08 bits per heavy atom. The number of amides is 1. The van der Waals surface area contributed by atoms with E-state index in [-0.39, 0.29) is 46.6 Å². The molecule has 1 aliphatic heterocycles. The highest BCUT2D eigenvalue weighted by Gasteiger charge is 2.24. The molecule has 1 heterocycles. The van der Waals surface area contributed by atoms with Gasteiger partial charge in [0, 0.05) is 17.6 Å². The van der Waals surface area contributed by atoms with Crippen LogP contribution in [-0.2, 0) is 10.0 Å². The fourth-order valence-electron chi connectivity index (χ4n) is 2.63. The maximum absolute atomic E-state index is 12.4. The van der Waals surface area contributed by atoms with Gasteiger partial charge in [-0.15, -0.1) is 12.4 Å². The second-order valence-corrected chi connectivity index (χ2v) is 7.39. The first-order valence-corrected chi connectivity index (χ1v) is 9.03. The van der Waals surface area contributed by atoms with E-state index in [1.165, 1.54) is 26.3 Å². The number of rotatable bonds is 5. The van der Waals surface area contributed by atoms with Gasteiger partial charge in [0.2, 0.25) is 10.0 Å². The van der Waals surface area contributed by atoms with E-state index in [0.717, 1.165) is 19.4 Å². The van der Waals surface area contributed by atoms with Crippen molar-refractivity contribution in [3.05, 3.63) is 23.8 Å². The Kier molecular flexibility index (Phi) is 7.47. The average molecular weight is 378 g/mol. The van der Waals surface area contributed by atoms with Gasteiger partial charge in [-0.1, -0.05) is 0 Å². The Hall–Kier alpha value is -1.35. The number of hydrogen-bond donors (Lipinski definition) is 3. The molecule has 0 saturated carbocycles. The van der Waals surface area contributed by atoms with E-state index in [1.54, 1.807) is 6.07 Å². The normalized spacial score (nSPS) is 20.8. The van der Waals surface area contributed by atoms with E-state index < -0.39 is 10.0 Å². The molecule has 136 valence electrons. The molecule has 2 atom stereocenters. The summed E-state index contributed by atoms with van der Waals surface area (Å²) in [4.78, 5) is 12.4. The molecule has 1 aromatic rings. The largest absolute Gasteiger partial charge is 0.495 e. The third kappa shape index (κ3) is 4.60. The summed E-state index contributed by atoms with van der Waals surface area (Å²) in [6.45, 7) is 2.97. The van der Waals surface area contributed by atoms with Crippen LogP contribution >= 0.6 is 12.4 Å². The summed E-state index contributed by atoms with van der Waals surface area (Å²) in [5.41, 5.74) is 0.289. The summed E-state index contributed by atoms with van der Waals surface area (Å²) in [5.74, 6) is -0.0932. The van der Waals surface area contributed by atoms with Crippen molar-refractivity contribution in [1.29, 1.82) is 0 Å². The molecular formula is C15H24ClN3O4S. The number of halogens is 1. The first-order chi connectivity index (χ1) is 10.9. The predicted octanol–water partition coefficient (Wildman–Crippen LogP) is 0.895. The predicted molar refractivity (Wildman–Crippen MR) is 94.4 cm³/mol. The summed E-state index contributed by atoms with van der Waals surface area (Å²) in [7, 11) is -1.00. The van der Waals surface area contributed by atoms with Gasteiger partial charge in [0.1, 0.15) is 10.6 Å². The Morgan fingerprint density at radius 3 is 2.67 bits per heavy atom. The molecule has 1 aromatic carbocycles. The monoisotopic (exact) mass is 377 g/mol. The average Bonchev–Trinajstić information content (AvgIpc) is 2.56. The van der Waals surface area contributed by atoms with Crippen LogP contribution in [0.1, 0.15) is 30.1 Å². The first-order valence-electron chi connectivity index (χ1n) is 7.55. The summed E-state index contributed by atoms with van der Waals surface area (Å²) in [6.07, 6.45) is 1.90.